The molecule has 158 valence electrons. The molecule has 0 saturated heterocycles. The molecular weight excluding hydrogens is 392 g/mol. The number of nitrogens with zero attached hydrogens (tertiary/aromatic N) is 1. The van der Waals surface area contributed by atoms with Gasteiger partial charge in [0, 0.05) is 11.8 Å². The van der Waals surface area contributed by atoms with Gasteiger partial charge >= 0.3 is 0 Å². The van der Waals surface area contributed by atoms with E-state index in [1.807, 2.05) is 56.3 Å². The molecule has 31 heavy (non-hydrogen) atoms. The molecule has 1 fully saturated rings. The molecule has 5 rings (SSSR count). The summed E-state index contributed by atoms with van der Waals surface area (Å²) in [5.41, 5.74) is 5.33. The lowest BCUT2D eigenvalue weighted by Crippen LogP contribution is -2.28. The Morgan fingerprint density at radius 3 is 2.52 bits per heavy atom. The molecule has 2 N–H and O–H groups in total. The van der Waals surface area contributed by atoms with E-state index in [9.17, 15) is 9.90 Å². The highest BCUT2D eigenvalue weighted by atomic mass is 16.7. The van der Waals surface area contributed by atoms with E-state index >= 15 is 0 Å². The highest BCUT2D eigenvalue weighted by molar-refractivity contribution is 6.01. The van der Waals surface area contributed by atoms with E-state index in [2.05, 4.69) is 10.3 Å². The second-order valence-corrected chi connectivity index (χ2v) is 8.23. The molecule has 6 heteroatoms. The molecule has 0 radical (unpaired) electrons. The zero-order valence-electron chi connectivity index (χ0n) is 17.6. The van der Waals surface area contributed by atoms with Gasteiger partial charge in [-0.05, 0) is 66.6 Å². The maximum absolute atomic E-state index is 13.2. The fourth-order valence-electron chi connectivity index (χ4n) is 4.10. The fourth-order valence-corrected chi connectivity index (χ4v) is 4.10. The molecule has 1 aliphatic carbocycles. The number of aliphatic hydroxyl groups is 1. The number of ether oxygens (including phenoxy) is 2. The van der Waals surface area contributed by atoms with E-state index in [-0.39, 0.29) is 19.3 Å². The molecule has 1 amide bonds. The molecule has 1 saturated carbocycles. The Balaban J connectivity index is 1.39. The van der Waals surface area contributed by atoms with Crippen LogP contribution in [0, 0.1) is 13.8 Å². The second-order valence-electron chi connectivity index (χ2n) is 8.23. The van der Waals surface area contributed by atoms with E-state index < -0.39 is 5.41 Å². The van der Waals surface area contributed by atoms with Crippen LogP contribution in [-0.4, -0.2) is 22.8 Å². The second kappa shape index (κ2) is 7.39. The number of rotatable bonds is 5. The quantitative estimate of drug-likeness (QED) is 0.650. The van der Waals surface area contributed by atoms with Crippen LogP contribution in [0.1, 0.15) is 35.1 Å². The lowest BCUT2D eigenvalue weighted by atomic mass is 9.94. The minimum atomic E-state index is -0.540. The Kier molecular flexibility index (Phi) is 4.67. The fraction of sp³-hybridized carbons (Fsp3) is 0.280. The first kappa shape index (κ1) is 19.6. The minimum Gasteiger partial charge on any atom is -0.454 e. The SMILES string of the molecule is Cc1c(-c2ccc(CO)cc2)cnc(NC(=O)C2(c3ccc4c(c3)OCO4)CC2)c1C. The molecule has 0 unspecified atom stereocenters. The van der Waals surface area contributed by atoms with Gasteiger partial charge < -0.3 is 19.9 Å². The van der Waals surface area contributed by atoms with Crippen molar-refractivity contribution < 1.29 is 19.4 Å². The number of fused-ring (bicyclic) bond motifs is 1. The summed E-state index contributed by atoms with van der Waals surface area (Å²) in [5, 5.41) is 12.3. The molecule has 3 aromatic rings. The monoisotopic (exact) mass is 416 g/mol. The van der Waals surface area contributed by atoms with Crippen molar-refractivity contribution in [2.45, 2.75) is 38.7 Å². The lowest BCUT2D eigenvalue weighted by Gasteiger charge is -2.18. The summed E-state index contributed by atoms with van der Waals surface area (Å²) in [5.74, 6) is 1.96. The first-order valence-electron chi connectivity index (χ1n) is 10.4. The third-order valence-corrected chi connectivity index (χ3v) is 6.43. The van der Waals surface area contributed by atoms with Crippen molar-refractivity contribution in [3.05, 3.63) is 70.9 Å². The summed E-state index contributed by atoms with van der Waals surface area (Å²) < 4.78 is 10.9. The number of aliphatic hydroxyl groups excluding tert-OH is 1. The smallest absolute Gasteiger partial charge is 0.236 e. The molecule has 6 nitrogen and oxygen atoms in total. The highest BCUT2D eigenvalue weighted by Crippen LogP contribution is 2.51. The number of hydrogen-bond acceptors (Lipinski definition) is 5. The maximum Gasteiger partial charge on any atom is 0.236 e. The Hall–Kier alpha value is -3.38. The van der Waals surface area contributed by atoms with Crippen LogP contribution in [0.2, 0.25) is 0 Å². The van der Waals surface area contributed by atoms with E-state index in [1.54, 1.807) is 6.20 Å². The predicted octanol–water partition coefficient (Wildman–Crippen LogP) is 4.26. The lowest BCUT2D eigenvalue weighted by molar-refractivity contribution is -0.118. The van der Waals surface area contributed by atoms with Crippen molar-refractivity contribution in [1.29, 1.82) is 0 Å². The molecule has 1 aromatic heterocycles. The number of carbonyl (C=O) groups excluding carboxylic acids is 1. The number of carbonyl (C=O) groups is 1. The average molecular weight is 416 g/mol. The van der Waals surface area contributed by atoms with Crippen LogP contribution in [0.25, 0.3) is 11.1 Å². The van der Waals surface area contributed by atoms with Crippen molar-refractivity contribution in [2.75, 3.05) is 12.1 Å². The Bertz CT molecular complexity index is 1170. The summed E-state index contributed by atoms with van der Waals surface area (Å²) in [7, 11) is 0. The number of hydrogen-bond donors (Lipinski definition) is 2. The normalized spacial score (nSPS) is 15.6. The van der Waals surface area contributed by atoms with Gasteiger partial charge in [-0.3, -0.25) is 4.79 Å². The van der Waals surface area contributed by atoms with Crippen LogP contribution >= 0.6 is 0 Å². The van der Waals surface area contributed by atoms with E-state index in [0.29, 0.717) is 11.6 Å². The van der Waals surface area contributed by atoms with Crippen LogP contribution in [0.4, 0.5) is 5.82 Å². The molecule has 2 aliphatic rings. The van der Waals surface area contributed by atoms with E-state index in [1.165, 1.54) is 0 Å². The van der Waals surface area contributed by atoms with Crippen molar-refractivity contribution in [1.82, 2.24) is 4.98 Å². The number of pyridine rings is 1. The highest BCUT2D eigenvalue weighted by Gasteiger charge is 2.52. The third-order valence-electron chi connectivity index (χ3n) is 6.43. The molecule has 0 atom stereocenters. The number of anilines is 1. The average Bonchev–Trinajstić information content (AvgIpc) is 3.48. The van der Waals surface area contributed by atoms with Gasteiger partial charge in [0.05, 0.1) is 12.0 Å². The molecule has 1 aliphatic heterocycles. The van der Waals surface area contributed by atoms with Crippen LogP contribution in [0.3, 0.4) is 0 Å². The zero-order chi connectivity index (χ0) is 21.6. The number of nitrogens with one attached hydrogen (secondary N) is 1. The van der Waals surface area contributed by atoms with Gasteiger partial charge in [0.2, 0.25) is 12.7 Å². The van der Waals surface area contributed by atoms with E-state index in [0.717, 1.165) is 52.0 Å². The number of benzene rings is 2. The topological polar surface area (TPSA) is 80.7 Å². The Morgan fingerprint density at radius 1 is 1.06 bits per heavy atom. The molecule has 2 aromatic carbocycles. The van der Waals surface area contributed by atoms with Crippen molar-refractivity contribution in [3.8, 4) is 22.6 Å². The maximum atomic E-state index is 13.2. The van der Waals surface area contributed by atoms with Gasteiger partial charge in [-0.1, -0.05) is 30.3 Å². The van der Waals surface area contributed by atoms with Crippen LogP contribution < -0.4 is 14.8 Å². The van der Waals surface area contributed by atoms with Gasteiger partial charge in [-0.2, -0.15) is 0 Å². The Morgan fingerprint density at radius 2 is 1.81 bits per heavy atom. The van der Waals surface area contributed by atoms with E-state index in [4.69, 9.17) is 9.47 Å². The molecular formula is C25H24N2O4. The largest absolute Gasteiger partial charge is 0.454 e. The summed E-state index contributed by atoms with van der Waals surface area (Å²) in [6.07, 6.45) is 3.39. The van der Waals surface area contributed by atoms with Crippen molar-refractivity contribution in [2.24, 2.45) is 0 Å². The van der Waals surface area contributed by atoms with Crippen LogP contribution in [-0.2, 0) is 16.8 Å². The summed E-state index contributed by atoms with van der Waals surface area (Å²) in [6, 6.07) is 13.5. The summed E-state index contributed by atoms with van der Waals surface area (Å²) in [6.45, 7) is 4.25. The third kappa shape index (κ3) is 3.33. The van der Waals surface area contributed by atoms with Gasteiger partial charge in [0.15, 0.2) is 11.5 Å². The summed E-state index contributed by atoms with van der Waals surface area (Å²) >= 11 is 0. The molecule has 2 heterocycles. The first-order chi connectivity index (χ1) is 15.0. The van der Waals surface area contributed by atoms with Gasteiger partial charge in [-0.15, -0.1) is 0 Å². The van der Waals surface area contributed by atoms with Gasteiger partial charge in [-0.25, -0.2) is 4.98 Å². The van der Waals surface area contributed by atoms with Crippen LogP contribution in [0.15, 0.2) is 48.7 Å². The van der Waals surface area contributed by atoms with Crippen molar-refractivity contribution >= 4 is 11.7 Å². The zero-order valence-corrected chi connectivity index (χ0v) is 17.6. The minimum absolute atomic E-state index is 0.0205. The first-order valence-corrected chi connectivity index (χ1v) is 10.4. The number of amides is 1. The number of aromatic nitrogens is 1. The van der Waals surface area contributed by atoms with Gasteiger partial charge in [0.25, 0.3) is 0 Å². The van der Waals surface area contributed by atoms with Crippen LogP contribution in [0.5, 0.6) is 11.5 Å². The van der Waals surface area contributed by atoms with Crippen molar-refractivity contribution in [3.63, 3.8) is 0 Å². The molecule has 0 spiro atoms. The van der Waals surface area contributed by atoms with Gasteiger partial charge in [0.1, 0.15) is 5.82 Å². The molecule has 0 bridgehead atoms. The summed E-state index contributed by atoms with van der Waals surface area (Å²) in [4.78, 5) is 17.8. The predicted molar refractivity (Wildman–Crippen MR) is 117 cm³/mol. The Labute approximate surface area is 180 Å². The standard InChI is InChI=1S/C25H24N2O4/c1-15-16(2)23(26-12-20(15)18-5-3-17(13-28)4-6-18)27-24(29)25(9-10-25)19-7-8-21-22(11-19)31-14-30-21/h3-8,11-12,28H,9-10,13-14H2,1-2H3,(H,26,27,29).